The fraction of sp³-hybridized carbons (Fsp3) is 0.556. The molecule has 2 aliphatic rings. The van der Waals surface area contributed by atoms with E-state index >= 15 is 0 Å². The number of fused-ring (bicyclic) bond motifs is 1. The fourth-order valence-corrected chi connectivity index (χ4v) is 4.01. The van der Waals surface area contributed by atoms with Gasteiger partial charge in [0.2, 0.25) is 0 Å². The predicted molar refractivity (Wildman–Crippen MR) is 131 cm³/mol. The largest absolute Gasteiger partial charge is 0.502 e. The lowest BCUT2D eigenvalue weighted by molar-refractivity contribution is -0.513. The molecule has 1 aliphatic heterocycles. The van der Waals surface area contributed by atoms with Gasteiger partial charge < -0.3 is 9.84 Å². The van der Waals surface area contributed by atoms with E-state index in [1.165, 1.54) is 30.5 Å². The minimum Gasteiger partial charge on any atom is -0.502 e. The van der Waals surface area contributed by atoms with Crippen LogP contribution < -0.4 is 0 Å². The third-order valence-corrected chi connectivity index (χ3v) is 5.97. The molecule has 1 aromatic rings. The second-order valence-corrected chi connectivity index (χ2v) is 9.87. The van der Waals surface area contributed by atoms with Crippen LogP contribution in [0.3, 0.4) is 0 Å². The summed E-state index contributed by atoms with van der Waals surface area (Å²) >= 11 is 0. The van der Waals surface area contributed by atoms with Crippen molar-refractivity contribution in [3.63, 3.8) is 0 Å². The molecule has 6 heteroatoms. The zero-order valence-corrected chi connectivity index (χ0v) is 20.5. The van der Waals surface area contributed by atoms with Crippen molar-refractivity contribution in [1.29, 1.82) is 0 Å². The number of nitrogens with zero attached hydrogens (tertiary/aromatic N) is 3. The van der Waals surface area contributed by atoms with Gasteiger partial charge in [-0.3, -0.25) is 4.79 Å². The molecule has 0 bridgehead atoms. The van der Waals surface area contributed by atoms with Crippen LogP contribution >= 0.6 is 0 Å². The average Bonchev–Trinajstić information content (AvgIpc) is 3.21. The number of phenols is 1. The van der Waals surface area contributed by atoms with Gasteiger partial charge in [-0.25, -0.2) is 0 Å². The molecular formula is C27H38N3O3+. The molecule has 6 nitrogen and oxygen atoms in total. The lowest BCUT2D eigenvalue weighted by atomic mass is 9.84. The van der Waals surface area contributed by atoms with Crippen LogP contribution in [0.4, 0.5) is 5.69 Å². The molecule has 178 valence electrons. The number of aromatic hydroxyl groups is 1. The van der Waals surface area contributed by atoms with Gasteiger partial charge in [0.15, 0.2) is 11.8 Å². The average molecular weight is 453 g/mol. The van der Waals surface area contributed by atoms with E-state index in [0.29, 0.717) is 25.1 Å². The van der Waals surface area contributed by atoms with Crippen molar-refractivity contribution in [3.05, 3.63) is 47.6 Å². The second kappa shape index (κ2) is 11.4. The number of phenolic OH excluding ortho intramolecular Hbond substituents is 1. The van der Waals surface area contributed by atoms with E-state index in [1.54, 1.807) is 0 Å². The number of aryl methyl sites for hydroxylation is 1. The van der Waals surface area contributed by atoms with E-state index in [0.717, 1.165) is 29.7 Å². The van der Waals surface area contributed by atoms with E-state index in [4.69, 9.17) is 4.74 Å². The normalized spacial score (nSPS) is 17.0. The Morgan fingerprint density at radius 1 is 1.12 bits per heavy atom. The van der Waals surface area contributed by atoms with Crippen LogP contribution in [-0.2, 0) is 21.4 Å². The third-order valence-electron chi connectivity index (χ3n) is 5.97. The van der Waals surface area contributed by atoms with Crippen molar-refractivity contribution in [2.45, 2.75) is 90.5 Å². The third kappa shape index (κ3) is 6.86. The number of azo groups is 1. The molecular weight excluding hydrogens is 414 g/mol. The second-order valence-electron chi connectivity index (χ2n) is 9.87. The maximum atomic E-state index is 12.3. The van der Waals surface area contributed by atoms with Gasteiger partial charge in [0.1, 0.15) is 5.71 Å². The quantitative estimate of drug-likeness (QED) is 0.237. The summed E-state index contributed by atoms with van der Waals surface area (Å²) in [5, 5.41) is 20.2. The summed E-state index contributed by atoms with van der Waals surface area (Å²) in [6.07, 6.45) is 15.6. The van der Waals surface area contributed by atoms with Crippen molar-refractivity contribution in [2.75, 3.05) is 6.61 Å². The minimum atomic E-state index is -0.271. The number of hydrazone groups is 1. The highest BCUT2D eigenvalue weighted by molar-refractivity contribution is 6.02. The Morgan fingerprint density at radius 2 is 1.88 bits per heavy atom. The lowest BCUT2D eigenvalue weighted by Crippen LogP contribution is -2.13. The number of hydrogen-bond acceptors (Lipinski definition) is 5. The van der Waals surface area contributed by atoms with E-state index in [2.05, 4.69) is 37.9 Å². The lowest BCUT2D eigenvalue weighted by Gasteiger charge is -2.21. The highest BCUT2D eigenvalue weighted by Crippen LogP contribution is 2.40. The van der Waals surface area contributed by atoms with Gasteiger partial charge in [-0.1, -0.05) is 78.0 Å². The van der Waals surface area contributed by atoms with Crippen LogP contribution in [-0.4, -0.2) is 34.2 Å². The number of carbonyl (C=O) groups excluding carboxylic acids is 1. The van der Waals surface area contributed by atoms with Gasteiger partial charge in [-0.15, -0.1) is 0 Å². The van der Waals surface area contributed by atoms with Crippen LogP contribution in [0.1, 0.15) is 83.8 Å². The molecule has 1 aliphatic carbocycles. The SMILES string of the molecule is CCCCCCCCOC(=O)CCc1cc([N+]2=NC3C=CC=CC3=N2)c(O)c(C(C)(C)C)c1. The summed E-state index contributed by atoms with van der Waals surface area (Å²) in [4.78, 5) is 13.8. The number of ether oxygens (including phenoxy) is 1. The monoisotopic (exact) mass is 452 g/mol. The Morgan fingerprint density at radius 3 is 2.61 bits per heavy atom. The summed E-state index contributed by atoms with van der Waals surface area (Å²) < 4.78 is 5.43. The van der Waals surface area contributed by atoms with Crippen LogP contribution in [0.5, 0.6) is 5.75 Å². The van der Waals surface area contributed by atoms with Crippen molar-refractivity contribution in [3.8, 4) is 5.75 Å². The molecule has 3 rings (SSSR count). The van der Waals surface area contributed by atoms with Gasteiger partial charge in [0.25, 0.3) is 0 Å². The maximum absolute atomic E-state index is 12.3. The molecule has 0 amide bonds. The van der Waals surface area contributed by atoms with Crippen molar-refractivity contribution in [2.24, 2.45) is 10.2 Å². The van der Waals surface area contributed by atoms with E-state index < -0.39 is 0 Å². The summed E-state index contributed by atoms with van der Waals surface area (Å²) in [5.41, 5.74) is 2.89. The molecule has 33 heavy (non-hydrogen) atoms. The number of allylic oxidation sites excluding steroid dienone is 2. The first-order valence-corrected chi connectivity index (χ1v) is 12.3. The van der Waals surface area contributed by atoms with Gasteiger partial charge in [-0.2, -0.15) is 0 Å². The smallest absolute Gasteiger partial charge is 0.309 e. The molecule has 1 N–H and O–H groups in total. The standard InChI is InChI=1S/C27H37N3O3/c1-5-6-7-8-9-12-17-33-25(31)16-15-20-18-21(27(2,3)4)26(32)24(19-20)30-28-22-13-10-11-14-23(22)29-30/h10-11,13-14,18-19,22H,5-9,12,15-17H2,1-4H3/p+1. The zero-order chi connectivity index (χ0) is 23.8. The van der Waals surface area contributed by atoms with E-state index in [1.807, 2.05) is 36.4 Å². The number of rotatable bonds is 11. The van der Waals surface area contributed by atoms with Gasteiger partial charge in [0, 0.05) is 28.3 Å². The van der Waals surface area contributed by atoms with Crippen molar-refractivity contribution >= 4 is 17.4 Å². The summed E-state index contributed by atoms with van der Waals surface area (Å²) in [7, 11) is 0. The molecule has 0 aromatic heterocycles. The Balaban J connectivity index is 1.66. The number of carbonyl (C=O) groups is 1. The van der Waals surface area contributed by atoms with Gasteiger partial charge in [-0.05, 0) is 36.0 Å². The Hall–Kier alpha value is -2.76. The van der Waals surface area contributed by atoms with Crippen LogP contribution in [0, 0.1) is 0 Å². The first-order valence-electron chi connectivity index (χ1n) is 12.3. The summed E-state index contributed by atoms with van der Waals surface area (Å²) in [5.74, 6) is -0.000468. The van der Waals surface area contributed by atoms with Gasteiger partial charge >= 0.3 is 11.7 Å². The van der Waals surface area contributed by atoms with Crippen LogP contribution in [0.2, 0.25) is 0 Å². The predicted octanol–water partition coefficient (Wildman–Crippen LogP) is 6.49. The van der Waals surface area contributed by atoms with Crippen LogP contribution in [0.25, 0.3) is 0 Å². The number of benzene rings is 1. The highest BCUT2D eigenvalue weighted by atomic mass is 16.5. The zero-order valence-electron chi connectivity index (χ0n) is 20.5. The maximum Gasteiger partial charge on any atom is 0.309 e. The summed E-state index contributed by atoms with van der Waals surface area (Å²) in [6, 6.07) is 3.73. The Bertz CT molecular complexity index is 968. The van der Waals surface area contributed by atoms with E-state index in [9.17, 15) is 9.90 Å². The molecule has 0 saturated carbocycles. The molecule has 0 spiro atoms. The molecule has 1 heterocycles. The van der Waals surface area contributed by atoms with Gasteiger partial charge in [0.05, 0.1) is 11.4 Å². The van der Waals surface area contributed by atoms with E-state index in [-0.39, 0.29) is 23.2 Å². The number of esters is 1. The first-order chi connectivity index (χ1) is 15.8. The summed E-state index contributed by atoms with van der Waals surface area (Å²) in [6.45, 7) is 8.87. The van der Waals surface area contributed by atoms with Crippen molar-refractivity contribution < 1.29 is 19.4 Å². The number of unbranched alkanes of at least 4 members (excludes halogenated alkanes) is 5. The molecule has 1 aromatic carbocycles. The topological polar surface area (TPSA) is 74.3 Å². The molecule has 0 fully saturated rings. The van der Waals surface area contributed by atoms with Crippen molar-refractivity contribution in [1.82, 2.24) is 0 Å². The molecule has 1 unspecified atom stereocenters. The first kappa shape index (κ1) is 24.9. The molecule has 0 saturated heterocycles. The fourth-order valence-electron chi connectivity index (χ4n) is 4.01. The Labute approximate surface area is 197 Å². The minimum absolute atomic E-state index is 0.131. The highest BCUT2D eigenvalue weighted by Gasteiger charge is 2.34. The Kier molecular flexibility index (Phi) is 8.59. The molecule has 1 atom stereocenters. The molecule has 0 radical (unpaired) electrons. The number of hydrogen-bond donors (Lipinski definition) is 1. The van der Waals surface area contributed by atoms with Crippen LogP contribution in [0.15, 0.2) is 46.7 Å².